The highest BCUT2D eigenvalue weighted by molar-refractivity contribution is 6.01. The molecule has 0 spiro atoms. The van der Waals surface area contributed by atoms with Crippen molar-refractivity contribution >= 4 is 11.7 Å². The maximum atomic E-state index is 12.4. The van der Waals surface area contributed by atoms with E-state index in [-0.39, 0.29) is 30.2 Å². The Morgan fingerprint density at radius 2 is 1.97 bits per heavy atom. The van der Waals surface area contributed by atoms with Gasteiger partial charge < -0.3 is 24.9 Å². The van der Waals surface area contributed by atoms with Crippen LogP contribution in [0.4, 0.5) is 13.2 Å². The molecule has 10 heteroatoms. The van der Waals surface area contributed by atoms with Crippen molar-refractivity contribution in [3.05, 3.63) is 64.7 Å². The lowest BCUT2D eigenvalue weighted by Gasteiger charge is -2.24. The molecule has 32 heavy (non-hydrogen) atoms. The fourth-order valence-corrected chi connectivity index (χ4v) is 4.83. The zero-order valence-electron chi connectivity index (χ0n) is 16.8. The van der Waals surface area contributed by atoms with Gasteiger partial charge >= 0.3 is 6.36 Å². The van der Waals surface area contributed by atoms with Crippen molar-refractivity contribution < 1.29 is 32.6 Å². The highest BCUT2D eigenvalue weighted by atomic mass is 19.4. The zero-order valence-corrected chi connectivity index (χ0v) is 16.8. The van der Waals surface area contributed by atoms with E-state index in [2.05, 4.69) is 15.2 Å². The van der Waals surface area contributed by atoms with Gasteiger partial charge in [0.15, 0.2) is 5.84 Å². The van der Waals surface area contributed by atoms with Crippen LogP contribution in [0.15, 0.2) is 47.6 Å². The first-order valence-corrected chi connectivity index (χ1v) is 10.2. The molecule has 2 aromatic rings. The van der Waals surface area contributed by atoms with Gasteiger partial charge in [0.25, 0.3) is 0 Å². The Kier molecular flexibility index (Phi) is 4.96. The summed E-state index contributed by atoms with van der Waals surface area (Å²) in [6.07, 6.45) is -4.22. The second kappa shape index (κ2) is 7.70. The van der Waals surface area contributed by atoms with Gasteiger partial charge in [-0.25, -0.2) is 0 Å². The van der Waals surface area contributed by atoms with Crippen LogP contribution in [0, 0.1) is 5.92 Å². The summed E-state index contributed by atoms with van der Waals surface area (Å²) in [5, 5.41) is 16.7. The lowest BCUT2D eigenvalue weighted by molar-refractivity contribution is -0.274. The predicted octanol–water partition coefficient (Wildman–Crippen LogP) is 3.00. The SMILES string of the molecule is O=C1CC2Cc3c(C4=NOC(c5ccc(OC(F)(F)F)cc5)N4)cccc3C2N1CCO. The van der Waals surface area contributed by atoms with Gasteiger partial charge in [0, 0.05) is 24.1 Å². The number of oxime groups is 1. The van der Waals surface area contributed by atoms with Crippen molar-refractivity contribution in [2.45, 2.75) is 31.5 Å². The number of amides is 1. The summed E-state index contributed by atoms with van der Waals surface area (Å²) in [7, 11) is 0. The van der Waals surface area contributed by atoms with E-state index in [0.29, 0.717) is 24.4 Å². The van der Waals surface area contributed by atoms with E-state index in [9.17, 15) is 23.1 Å². The quantitative estimate of drug-likeness (QED) is 0.737. The number of benzene rings is 2. The van der Waals surface area contributed by atoms with E-state index in [0.717, 1.165) is 23.1 Å². The second-order valence-electron chi connectivity index (χ2n) is 7.98. The van der Waals surface area contributed by atoms with Crippen LogP contribution in [0.3, 0.4) is 0 Å². The lowest BCUT2D eigenvalue weighted by Crippen LogP contribution is -2.31. The summed E-state index contributed by atoms with van der Waals surface area (Å²) in [5.41, 5.74) is 3.60. The number of amidine groups is 1. The largest absolute Gasteiger partial charge is 0.573 e. The van der Waals surface area contributed by atoms with Crippen molar-refractivity contribution in [1.29, 1.82) is 0 Å². The summed E-state index contributed by atoms with van der Waals surface area (Å²) >= 11 is 0. The van der Waals surface area contributed by atoms with Crippen LogP contribution in [0.1, 0.15) is 40.9 Å². The number of alkyl halides is 3. The summed E-state index contributed by atoms with van der Waals surface area (Å²) in [6.45, 7) is 0.225. The topological polar surface area (TPSA) is 83.4 Å². The maximum absolute atomic E-state index is 12.4. The molecule has 0 aromatic heterocycles. The van der Waals surface area contributed by atoms with Gasteiger partial charge in [-0.3, -0.25) is 4.79 Å². The normalized spacial score (nSPS) is 24.0. The fourth-order valence-electron chi connectivity index (χ4n) is 4.83. The van der Waals surface area contributed by atoms with Crippen LogP contribution in [0.5, 0.6) is 5.75 Å². The second-order valence-corrected chi connectivity index (χ2v) is 7.98. The number of hydrogen-bond donors (Lipinski definition) is 2. The zero-order chi connectivity index (χ0) is 22.5. The summed E-state index contributed by atoms with van der Waals surface area (Å²) < 4.78 is 41.0. The Hall–Kier alpha value is -3.27. The molecule has 1 aliphatic carbocycles. The number of aliphatic hydroxyl groups excluding tert-OH is 1. The molecule has 3 atom stereocenters. The Morgan fingerprint density at radius 1 is 1.19 bits per heavy atom. The highest BCUT2D eigenvalue weighted by Crippen LogP contribution is 2.48. The van der Waals surface area contributed by atoms with E-state index in [1.807, 2.05) is 18.2 Å². The highest BCUT2D eigenvalue weighted by Gasteiger charge is 2.46. The molecule has 3 unspecified atom stereocenters. The minimum absolute atomic E-state index is 0.0514. The number of carbonyl (C=O) groups excluding carboxylic acids is 1. The molecule has 1 amide bonds. The van der Waals surface area contributed by atoms with E-state index in [4.69, 9.17) is 4.84 Å². The lowest BCUT2D eigenvalue weighted by atomic mass is 10.0. The van der Waals surface area contributed by atoms with E-state index in [1.165, 1.54) is 24.3 Å². The molecule has 7 nitrogen and oxygen atoms in total. The van der Waals surface area contributed by atoms with Gasteiger partial charge in [0.05, 0.1) is 12.6 Å². The van der Waals surface area contributed by atoms with Gasteiger partial charge in [-0.05, 0) is 47.7 Å². The monoisotopic (exact) mass is 447 g/mol. The van der Waals surface area contributed by atoms with Crippen LogP contribution in [-0.2, 0) is 16.1 Å². The Labute approximate surface area is 181 Å². The fraction of sp³-hybridized carbons (Fsp3) is 0.364. The molecule has 0 saturated carbocycles. The van der Waals surface area contributed by atoms with Crippen molar-refractivity contribution in [2.24, 2.45) is 11.1 Å². The number of carbonyl (C=O) groups is 1. The third-order valence-electron chi connectivity index (χ3n) is 6.07. The number of likely N-dealkylation sites (tertiary alicyclic amines) is 1. The number of rotatable bonds is 5. The van der Waals surface area contributed by atoms with Gasteiger partial charge in [-0.2, -0.15) is 0 Å². The Balaban J connectivity index is 1.34. The van der Waals surface area contributed by atoms with Crippen molar-refractivity contribution in [1.82, 2.24) is 10.2 Å². The minimum Gasteiger partial charge on any atom is -0.406 e. The molecular weight excluding hydrogens is 427 g/mol. The van der Waals surface area contributed by atoms with E-state index in [1.54, 1.807) is 4.90 Å². The first-order valence-electron chi connectivity index (χ1n) is 10.2. The van der Waals surface area contributed by atoms with Crippen LogP contribution >= 0.6 is 0 Å². The van der Waals surface area contributed by atoms with Crippen LogP contribution in [-0.4, -0.2) is 41.3 Å². The van der Waals surface area contributed by atoms with Gasteiger partial charge in [0.2, 0.25) is 12.1 Å². The average Bonchev–Trinajstić information content (AvgIpc) is 3.43. The first kappa shape index (κ1) is 20.6. The van der Waals surface area contributed by atoms with Crippen molar-refractivity contribution in [3.8, 4) is 5.75 Å². The van der Waals surface area contributed by atoms with Gasteiger partial charge in [-0.1, -0.05) is 23.4 Å². The average molecular weight is 447 g/mol. The molecule has 168 valence electrons. The summed E-state index contributed by atoms with van der Waals surface area (Å²) in [4.78, 5) is 19.6. The van der Waals surface area contributed by atoms with Crippen LogP contribution in [0.25, 0.3) is 0 Å². The molecule has 0 radical (unpaired) electrons. The number of aliphatic hydroxyl groups is 1. The summed E-state index contributed by atoms with van der Waals surface area (Å²) in [5.74, 6) is 0.435. The molecule has 1 saturated heterocycles. The molecule has 5 rings (SSSR count). The van der Waals surface area contributed by atoms with Crippen molar-refractivity contribution in [3.63, 3.8) is 0 Å². The van der Waals surface area contributed by atoms with Crippen LogP contribution in [0.2, 0.25) is 0 Å². The molecule has 2 N–H and O–H groups in total. The smallest absolute Gasteiger partial charge is 0.406 e. The number of hydrogen-bond acceptors (Lipinski definition) is 6. The number of nitrogens with zero attached hydrogens (tertiary/aromatic N) is 2. The summed E-state index contributed by atoms with van der Waals surface area (Å²) in [6, 6.07) is 11.2. The molecule has 2 aliphatic heterocycles. The number of halogens is 3. The third kappa shape index (κ3) is 3.64. The van der Waals surface area contributed by atoms with Crippen molar-refractivity contribution in [2.75, 3.05) is 13.2 Å². The minimum atomic E-state index is -4.75. The third-order valence-corrected chi connectivity index (χ3v) is 6.07. The first-order chi connectivity index (χ1) is 15.3. The number of β-amino-alcohol motifs (C(OH)–C–C–N with tert-alkyl or cyclic N) is 1. The Bertz CT molecular complexity index is 1070. The molecule has 3 aliphatic rings. The van der Waals surface area contributed by atoms with Gasteiger partial charge in [0.1, 0.15) is 5.75 Å². The molecular formula is C22H20F3N3O4. The molecule has 2 heterocycles. The molecule has 1 fully saturated rings. The Morgan fingerprint density at radius 3 is 2.69 bits per heavy atom. The van der Waals surface area contributed by atoms with E-state index < -0.39 is 12.6 Å². The standard InChI is InChI=1S/C22H20F3N3O4/c23-22(24,25)31-14-6-4-12(5-7-14)21-26-20(27-32-21)16-3-1-2-15-17(16)10-13-11-18(30)28(8-9-29)19(13)15/h1-7,13,19,21,29H,8-11H2,(H,26,27). The number of ether oxygens (including phenoxy) is 1. The predicted molar refractivity (Wildman–Crippen MR) is 106 cm³/mol. The molecule has 0 bridgehead atoms. The molecule has 2 aromatic carbocycles. The number of fused-ring (bicyclic) bond motifs is 3. The number of nitrogens with one attached hydrogen (secondary N) is 1. The van der Waals surface area contributed by atoms with Crippen LogP contribution < -0.4 is 10.1 Å². The maximum Gasteiger partial charge on any atom is 0.573 e. The van der Waals surface area contributed by atoms with Gasteiger partial charge in [-0.15, -0.1) is 13.2 Å². The van der Waals surface area contributed by atoms with E-state index >= 15 is 0 Å².